The van der Waals surface area contributed by atoms with Gasteiger partial charge in [-0.15, -0.1) is 0 Å². The molecule has 1 aromatic carbocycles. The van der Waals surface area contributed by atoms with Crippen molar-refractivity contribution in [2.45, 2.75) is 25.9 Å². The van der Waals surface area contributed by atoms with Crippen LogP contribution in [-0.4, -0.2) is 22.2 Å². The molecule has 7 heteroatoms. The molecular weight excluding hydrogens is 328 g/mol. The molecular formula is C17H18N2O4S. The fraction of sp³-hybridized carbons (Fsp3) is 0.294. The summed E-state index contributed by atoms with van der Waals surface area (Å²) in [6, 6.07) is 7.35. The lowest BCUT2D eigenvalue weighted by Gasteiger charge is -2.10. The molecule has 0 atom stereocenters. The molecule has 3 N–H and O–H groups in total. The largest absolute Gasteiger partial charge is 0.494 e. The Bertz CT molecular complexity index is 971. The Morgan fingerprint density at radius 3 is 2.58 bits per heavy atom. The van der Waals surface area contributed by atoms with Gasteiger partial charge in [0, 0.05) is 24.1 Å². The summed E-state index contributed by atoms with van der Waals surface area (Å²) in [4.78, 5) is 28.5. The minimum absolute atomic E-state index is 0.0327. The average molecular weight is 346 g/mol. The summed E-state index contributed by atoms with van der Waals surface area (Å²) in [6.07, 6.45) is 2.19. The Hall–Kier alpha value is -2.38. The number of methoxy groups -OCH3 is 1. The van der Waals surface area contributed by atoms with Gasteiger partial charge >= 0.3 is 4.87 Å². The fourth-order valence-electron chi connectivity index (χ4n) is 2.82. The Labute approximate surface area is 141 Å². The molecule has 6 nitrogen and oxygen atoms in total. The first-order valence-electron chi connectivity index (χ1n) is 7.62. The summed E-state index contributed by atoms with van der Waals surface area (Å²) in [5.41, 5.74) is 2.72. The van der Waals surface area contributed by atoms with Crippen LogP contribution in [-0.2, 0) is 24.2 Å². The Balaban J connectivity index is 1.84. The van der Waals surface area contributed by atoms with Crippen LogP contribution in [0.3, 0.4) is 0 Å². The first-order chi connectivity index (χ1) is 11.6. The zero-order valence-electron chi connectivity index (χ0n) is 13.2. The topological polar surface area (TPSA) is 95.2 Å². The molecule has 0 aliphatic carbocycles. The first kappa shape index (κ1) is 16.5. The Morgan fingerprint density at radius 1 is 1.08 bits per heavy atom. The normalized spacial score (nSPS) is 11.2. The van der Waals surface area contributed by atoms with E-state index in [1.54, 1.807) is 7.11 Å². The van der Waals surface area contributed by atoms with Gasteiger partial charge in [0.2, 0.25) is 11.4 Å². The van der Waals surface area contributed by atoms with Gasteiger partial charge in [-0.1, -0.05) is 23.5 Å². The number of aromatic amines is 2. The molecule has 0 bridgehead atoms. The van der Waals surface area contributed by atoms with E-state index in [-0.39, 0.29) is 16.3 Å². The second-order valence-electron chi connectivity index (χ2n) is 5.57. The maximum absolute atomic E-state index is 11.6. The summed E-state index contributed by atoms with van der Waals surface area (Å²) in [6.45, 7) is 0.432. The first-order valence-corrected chi connectivity index (χ1v) is 8.44. The van der Waals surface area contributed by atoms with Crippen LogP contribution in [0.2, 0.25) is 0 Å². The van der Waals surface area contributed by atoms with Crippen molar-refractivity contribution in [3.05, 3.63) is 60.3 Å². The van der Waals surface area contributed by atoms with Crippen molar-refractivity contribution in [1.29, 1.82) is 0 Å². The van der Waals surface area contributed by atoms with Gasteiger partial charge in [0.1, 0.15) is 0 Å². The highest BCUT2D eigenvalue weighted by atomic mass is 32.1. The fourth-order valence-corrected chi connectivity index (χ4v) is 3.59. The Morgan fingerprint density at radius 2 is 1.88 bits per heavy atom. The number of hydrogen-bond acceptors (Lipinski definition) is 5. The van der Waals surface area contributed by atoms with Crippen molar-refractivity contribution >= 4 is 22.2 Å². The van der Waals surface area contributed by atoms with Gasteiger partial charge in [-0.05, 0) is 30.9 Å². The van der Waals surface area contributed by atoms with E-state index in [1.807, 2.05) is 18.2 Å². The highest BCUT2D eigenvalue weighted by molar-refractivity contribution is 7.09. The number of aromatic hydroxyl groups is 1. The summed E-state index contributed by atoms with van der Waals surface area (Å²) in [5, 5.41) is 10.6. The number of ether oxygens (including phenoxy) is 1. The monoisotopic (exact) mass is 346 g/mol. The molecule has 0 fully saturated rings. The van der Waals surface area contributed by atoms with Crippen molar-refractivity contribution in [1.82, 2.24) is 9.97 Å². The van der Waals surface area contributed by atoms with E-state index in [1.165, 1.54) is 6.07 Å². The van der Waals surface area contributed by atoms with E-state index in [0.29, 0.717) is 17.9 Å². The number of aryl methyl sites for hydroxylation is 2. The van der Waals surface area contributed by atoms with Gasteiger partial charge in [-0.25, -0.2) is 0 Å². The third-order valence-corrected chi connectivity index (χ3v) is 4.85. The van der Waals surface area contributed by atoms with Gasteiger partial charge < -0.3 is 14.8 Å². The van der Waals surface area contributed by atoms with Gasteiger partial charge in [0.25, 0.3) is 0 Å². The Kier molecular flexibility index (Phi) is 4.82. The van der Waals surface area contributed by atoms with Gasteiger partial charge in [0.05, 0.1) is 17.0 Å². The molecule has 3 aromatic rings. The second kappa shape index (κ2) is 7.02. The number of benzene rings is 1. The lowest BCUT2D eigenvalue weighted by atomic mass is 9.99. The molecule has 24 heavy (non-hydrogen) atoms. The summed E-state index contributed by atoms with van der Waals surface area (Å²) >= 11 is 1.04. The molecule has 0 saturated heterocycles. The highest BCUT2D eigenvalue weighted by Gasteiger charge is 2.09. The number of hydrogen-bond donors (Lipinski definition) is 3. The molecule has 0 saturated carbocycles. The number of thiazole rings is 1. The highest BCUT2D eigenvalue weighted by Crippen LogP contribution is 2.24. The number of pyridine rings is 1. The van der Waals surface area contributed by atoms with Crippen molar-refractivity contribution < 1.29 is 9.84 Å². The number of H-pyrrole nitrogens is 2. The SMILES string of the molecule is COCc1ccc(CCCc2sc(=O)[nH]c2O)c2ccc(=O)[nH]c12. The van der Waals surface area contributed by atoms with Crippen LogP contribution >= 0.6 is 11.3 Å². The number of fused-ring (bicyclic) bond motifs is 1. The van der Waals surface area contributed by atoms with Crippen molar-refractivity contribution in [3.63, 3.8) is 0 Å². The van der Waals surface area contributed by atoms with Crippen LogP contribution in [0.5, 0.6) is 5.88 Å². The third kappa shape index (κ3) is 3.42. The predicted molar refractivity (Wildman–Crippen MR) is 93.9 cm³/mol. The van der Waals surface area contributed by atoms with Crippen molar-refractivity contribution in [3.8, 4) is 5.88 Å². The quantitative estimate of drug-likeness (QED) is 0.638. The van der Waals surface area contributed by atoms with Gasteiger partial charge in [0.15, 0.2) is 0 Å². The second-order valence-corrected chi connectivity index (χ2v) is 6.64. The van der Waals surface area contributed by atoms with Crippen LogP contribution in [0.1, 0.15) is 22.4 Å². The molecule has 2 aromatic heterocycles. The van der Waals surface area contributed by atoms with E-state index < -0.39 is 0 Å². The molecule has 3 rings (SSSR count). The molecule has 0 aliphatic heterocycles. The number of nitrogens with one attached hydrogen (secondary N) is 2. The molecule has 0 aliphatic rings. The van der Waals surface area contributed by atoms with E-state index in [4.69, 9.17) is 4.74 Å². The lowest BCUT2D eigenvalue weighted by Crippen LogP contribution is -2.06. The van der Waals surface area contributed by atoms with Crippen LogP contribution in [0, 0.1) is 0 Å². The van der Waals surface area contributed by atoms with E-state index in [9.17, 15) is 14.7 Å². The number of rotatable bonds is 6. The van der Waals surface area contributed by atoms with Crippen molar-refractivity contribution in [2.24, 2.45) is 0 Å². The minimum Gasteiger partial charge on any atom is -0.494 e. The molecule has 0 radical (unpaired) electrons. The maximum Gasteiger partial charge on any atom is 0.307 e. The van der Waals surface area contributed by atoms with E-state index in [0.717, 1.165) is 46.2 Å². The number of aromatic nitrogens is 2. The summed E-state index contributed by atoms with van der Waals surface area (Å²) in [5.74, 6) is -0.0327. The van der Waals surface area contributed by atoms with Crippen molar-refractivity contribution in [2.75, 3.05) is 7.11 Å². The molecule has 0 amide bonds. The van der Waals surface area contributed by atoms with Gasteiger partial charge in [-0.2, -0.15) is 0 Å². The summed E-state index contributed by atoms with van der Waals surface area (Å²) in [7, 11) is 1.62. The zero-order chi connectivity index (χ0) is 17.1. The summed E-state index contributed by atoms with van der Waals surface area (Å²) < 4.78 is 5.19. The lowest BCUT2D eigenvalue weighted by molar-refractivity contribution is 0.186. The molecule has 126 valence electrons. The molecule has 2 heterocycles. The maximum atomic E-state index is 11.6. The minimum atomic E-state index is -0.241. The van der Waals surface area contributed by atoms with Crippen LogP contribution in [0.4, 0.5) is 0 Å². The van der Waals surface area contributed by atoms with E-state index in [2.05, 4.69) is 9.97 Å². The standard InChI is InChI=1S/C17H18N2O4S/c1-23-9-11-6-5-10(12-7-8-14(20)18-15(11)12)3-2-4-13-16(21)19-17(22)24-13/h5-8,21H,2-4,9H2,1H3,(H,18,20)(H,19,22). The van der Waals surface area contributed by atoms with E-state index >= 15 is 0 Å². The van der Waals surface area contributed by atoms with Crippen LogP contribution < -0.4 is 10.4 Å². The smallest absolute Gasteiger partial charge is 0.307 e. The predicted octanol–water partition coefficient (Wildman–Crippen LogP) is 2.31. The van der Waals surface area contributed by atoms with Gasteiger partial charge in [-0.3, -0.25) is 14.6 Å². The molecule has 0 spiro atoms. The van der Waals surface area contributed by atoms with Crippen LogP contribution in [0.25, 0.3) is 10.9 Å². The third-order valence-electron chi connectivity index (χ3n) is 3.92. The molecule has 0 unspecified atom stereocenters. The average Bonchev–Trinajstić information content (AvgIpc) is 2.87. The zero-order valence-corrected chi connectivity index (χ0v) is 14.0. The van der Waals surface area contributed by atoms with Crippen LogP contribution in [0.15, 0.2) is 33.9 Å².